The largest absolute Gasteiger partial charge is 0.481 e. The highest BCUT2D eigenvalue weighted by Gasteiger charge is 2.34. The van der Waals surface area contributed by atoms with Crippen LogP contribution in [0.3, 0.4) is 0 Å². The summed E-state index contributed by atoms with van der Waals surface area (Å²) in [4.78, 5) is 42.0. The normalized spacial score (nSPS) is 14.6. The Kier molecular flexibility index (Phi) is 5.71. The zero-order valence-corrected chi connectivity index (χ0v) is 18.3. The van der Waals surface area contributed by atoms with Crippen LogP contribution in [0.2, 0.25) is 0 Å². The minimum absolute atomic E-state index is 0.0247. The third-order valence-electron chi connectivity index (χ3n) is 6.30. The Labute approximate surface area is 196 Å². The fourth-order valence-corrected chi connectivity index (χ4v) is 4.68. The van der Waals surface area contributed by atoms with Gasteiger partial charge in [-0.1, -0.05) is 48.5 Å². The first kappa shape index (κ1) is 21.6. The second-order valence-electron chi connectivity index (χ2n) is 8.52. The van der Waals surface area contributed by atoms with Crippen LogP contribution in [-0.4, -0.2) is 52.7 Å². The van der Waals surface area contributed by atoms with Crippen LogP contribution in [0.1, 0.15) is 34.0 Å². The molecule has 172 valence electrons. The minimum atomic E-state index is -0.882. The molecule has 1 aliphatic heterocycles. The second kappa shape index (κ2) is 8.97. The number of hydrogen-bond donors (Lipinski definition) is 2. The highest BCUT2D eigenvalue weighted by atomic mass is 16.5. The number of carbonyl (C=O) groups excluding carboxylic acids is 2. The van der Waals surface area contributed by atoms with Crippen molar-refractivity contribution in [3.05, 3.63) is 83.7 Å². The molecule has 1 aromatic heterocycles. The van der Waals surface area contributed by atoms with Gasteiger partial charge >= 0.3 is 12.1 Å². The van der Waals surface area contributed by atoms with Crippen molar-refractivity contribution in [3.63, 3.8) is 0 Å². The summed E-state index contributed by atoms with van der Waals surface area (Å²) in [5.74, 6) is -1.37. The van der Waals surface area contributed by atoms with Gasteiger partial charge in [-0.25, -0.2) is 9.78 Å². The number of hydrogen-bond acceptors (Lipinski definition) is 5. The zero-order chi connectivity index (χ0) is 23.7. The van der Waals surface area contributed by atoms with Gasteiger partial charge in [0.1, 0.15) is 6.61 Å². The molecule has 0 saturated carbocycles. The first-order valence-electron chi connectivity index (χ1n) is 11.1. The van der Waals surface area contributed by atoms with Crippen LogP contribution in [0.15, 0.2) is 66.9 Å². The van der Waals surface area contributed by atoms with Gasteiger partial charge in [0, 0.05) is 31.1 Å². The van der Waals surface area contributed by atoms with Crippen LogP contribution >= 0.6 is 0 Å². The van der Waals surface area contributed by atoms with E-state index in [1.807, 2.05) is 36.4 Å². The lowest BCUT2D eigenvalue weighted by molar-refractivity contribution is -0.139. The summed E-state index contributed by atoms with van der Waals surface area (Å²) in [6.45, 7) is 0.866. The molecule has 0 radical (unpaired) electrons. The number of amides is 2. The fraction of sp³-hybridized carbons (Fsp3) is 0.231. The number of carbonyl (C=O) groups is 3. The van der Waals surface area contributed by atoms with Crippen molar-refractivity contribution in [2.75, 3.05) is 25.0 Å². The number of anilines is 1. The minimum Gasteiger partial charge on any atom is -0.481 e. The first-order chi connectivity index (χ1) is 16.5. The van der Waals surface area contributed by atoms with Crippen LogP contribution in [0, 0.1) is 5.92 Å². The summed E-state index contributed by atoms with van der Waals surface area (Å²) in [5.41, 5.74) is 4.87. The number of nitrogens with one attached hydrogen (secondary N) is 1. The van der Waals surface area contributed by atoms with Crippen LogP contribution in [0.25, 0.3) is 11.1 Å². The lowest BCUT2D eigenvalue weighted by Crippen LogP contribution is -2.50. The maximum atomic E-state index is 12.8. The number of carboxylic acid groups (broad SMARTS) is 1. The molecule has 2 aromatic carbocycles. The Hall–Kier alpha value is -4.20. The summed E-state index contributed by atoms with van der Waals surface area (Å²) in [7, 11) is 0. The smallest absolute Gasteiger partial charge is 0.411 e. The number of carboxylic acids is 1. The molecule has 8 heteroatoms. The quantitative estimate of drug-likeness (QED) is 0.579. The topological polar surface area (TPSA) is 109 Å². The Balaban J connectivity index is 1.24. The monoisotopic (exact) mass is 457 g/mol. The molecule has 0 unspecified atom stereocenters. The van der Waals surface area contributed by atoms with E-state index in [1.54, 1.807) is 12.1 Å². The maximum Gasteiger partial charge on any atom is 0.411 e. The Bertz CT molecular complexity index is 1220. The first-order valence-corrected chi connectivity index (χ1v) is 11.1. The number of rotatable bonds is 6. The van der Waals surface area contributed by atoms with E-state index in [-0.39, 0.29) is 42.2 Å². The summed E-state index contributed by atoms with van der Waals surface area (Å²) in [6, 6.07) is 19.4. The van der Waals surface area contributed by atoms with E-state index < -0.39 is 12.1 Å². The van der Waals surface area contributed by atoms with E-state index in [4.69, 9.17) is 9.84 Å². The van der Waals surface area contributed by atoms with Crippen LogP contribution in [0.4, 0.5) is 10.5 Å². The van der Waals surface area contributed by atoms with Crippen molar-refractivity contribution < 1.29 is 24.2 Å². The van der Waals surface area contributed by atoms with Crippen molar-refractivity contribution in [1.29, 1.82) is 0 Å². The maximum absolute atomic E-state index is 12.8. The summed E-state index contributed by atoms with van der Waals surface area (Å²) < 4.78 is 5.57. The summed E-state index contributed by atoms with van der Waals surface area (Å²) >= 11 is 0. The molecule has 2 heterocycles. The molecule has 1 saturated heterocycles. The molecule has 1 fully saturated rings. The average Bonchev–Trinajstić information content (AvgIpc) is 3.13. The number of nitrogens with zero attached hydrogens (tertiary/aromatic N) is 2. The molecular weight excluding hydrogens is 434 g/mol. The molecule has 3 aromatic rings. The molecule has 0 atom stereocenters. The standard InChI is InChI=1S/C26H23N3O5/c30-23(31)12-16-13-29(14-16)25(32)24-22(10-5-11-27-24)28-26(33)34-15-21-19-8-3-1-6-17(19)18-7-2-4-9-20(18)21/h1-11,16,21H,12-15H2,(H,28,33)(H,30,31). The highest BCUT2D eigenvalue weighted by molar-refractivity contribution is 6.01. The van der Waals surface area contributed by atoms with Gasteiger partial charge in [-0.3, -0.25) is 14.9 Å². The Morgan fingerprint density at radius 1 is 0.971 bits per heavy atom. The number of benzene rings is 2. The van der Waals surface area contributed by atoms with Gasteiger partial charge in [0.25, 0.3) is 5.91 Å². The van der Waals surface area contributed by atoms with Gasteiger partial charge in [0.2, 0.25) is 0 Å². The number of likely N-dealkylation sites (tertiary alicyclic amines) is 1. The van der Waals surface area contributed by atoms with Crippen LogP contribution in [0.5, 0.6) is 0 Å². The van der Waals surface area contributed by atoms with Crippen molar-refractivity contribution in [2.45, 2.75) is 12.3 Å². The molecular formula is C26H23N3O5. The Morgan fingerprint density at radius 3 is 2.26 bits per heavy atom. The van der Waals surface area contributed by atoms with Gasteiger partial charge < -0.3 is 14.7 Å². The van der Waals surface area contributed by atoms with Gasteiger partial charge in [-0.05, 0) is 34.4 Å². The third-order valence-corrected chi connectivity index (χ3v) is 6.30. The molecule has 5 rings (SSSR count). The van der Waals surface area contributed by atoms with E-state index in [1.165, 1.54) is 11.1 Å². The molecule has 0 bridgehead atoms. The number of aromatic nitrogens is 1. The fourth-order valence-electron chi connectivity index (χ4n) is 4.68. The number of ether oxygens (including phenoxy) is 1. The molecule has 0 spiro atoms. The molecule has 1 aliphatic carbocycles. The zero-order valence-electron chi connectivity index (χ0n) is 18.3. The van der Waals surface area contributed by atoms with Gasteiger partial charge in [0.05, 0.1) is 12.1 Å². The van der Waals surface area contributed by atoms with Crippen LogP contribution < -0.4 is 5.32 Å². The predicted octanol–water partition coefficient (Wildman–Crippen LogP) is 3.99. The van der Waals surface area contributed by atoms with E-state index in [0.29, 0.717) is 13.1 Å². The van der Waals surface area contributed by atoms with Crippen molar-refractivity contribution >= 4 is 23.7 Å². The lowest BCUT2D eigenvalue weighted by Gasteiger charge is -2.38. The molecule has 2 N–H and O–H groups in total. The van der Waals surface area contributed by atoms with Gasteiger partial charge in [-0.15, -0.1) is 0 Å². The van der Waals surface area contributed by atoms with Gasteiger partial charge in [-0.2, -0.15) is 0 Å². The SMILES string of the molecule is O=C(O)CC1CN(C(=O)c2ncccc2NC(=O)OCC2c3ccccc3-c3ccccc32)C1. The van der Waals surface area contributed by atoms with E-state index >= 15 is 0 Å². The van der Waals surface area contributed by atoms with E-state index in [0.717, 1.165) is 22.3 Å². The number of fused-ring (bicyclic) bond motifs is 3. The van der Waals surface area contributed by atoms with Crippen molar-refractivity contribution in [3.8, 4) is 11.1 Å². The summed E-state index contributed by atoms with van der Waals surface area (Å²) in [5, 5.41) is 11.5. The third kappa shape index (κ3) is 4.10. The Morgan fingerprint density at radius 2 is 1.62 bits per heavy atom. The van der Waals surface area contributed by atoms with E-state index in [9.17, 15) is 14.4 Å². The number of pyridine rings is 1. The molecule has 34 heavy (non-hydrogen) atoms. The number of aliphatic carboxylic acids is 1. The van der Waals surface area contributed by atoms with Crippen molar-refractivity contribution in [2.24, 2.45) is 5.92 Å². The van der Waals surface area contributed by atoms with E-state index in [2.05, 4.69) is 22.4 Å². The average molecular weight is 457 g/mol. The lowest BCUT2D eigenvalue weighted by atomic mass is 9.96. The molecule has 2 aliphatic rings. The van der Waals surface area contributed by atoms with Crippen molar-refractivity contribution in [1.82, 2.24) is 9.88 Å². The highest BCUT2D eigenvalue weighted by Crippen LogP contribution is 2.44. The van der Waals surface area contributed by atoms with Crippen LogP contribution in [-0.2, 0) is 9.53 Å². The molecule has 2 amide bonds. The van der Waals surface area contributed by atoms with Gasteiger partial charge in [0.15, 0.2) is 5.69 Å². The molecule has 8 nitrogen and oxygen atoms in total. The second-order valence-corrected chi connectivity index (χ2v) is 8.52. The summed E-state index contributed by atoms with van der Waals surface area (Å²) in [6.07, 6.45) is 0.831. The predicted molar refractivity (Wildman–Crippen MR) is 125 cm³/mol.